The number of furan rings is 1. The van der Waals surface area contributed by atoms with E-state index in [4.69, 9.17) is 4.42 Å². The van der Waals surface area contributed by atoms with E-state index in [1.54, 1.807) is 19.5 Å². The molecular formula is C14H16FNO. The number of halogens is 1. The molecule has 0 bridgehead atoms. The minimum absolute atomic E-state index is 0.160. The highest BCUT2D eigenvalue weighted by Gasteiger charge is 2.12. The molecule has 1 aromatic carbocycles. The van der Waals surface area contributed by atoms with Gasteiger partial charge in [0.1, 0.15) is 5.82 Å². The lowest BCUT2D eigenvalue weighted by molar-refractivity contribution is 0.550. The van der Waals surface area contributed by atoms with Crippen molar-refractivity contribution in [2.24, 2.45) is 0 Å². The van der Waals surface area contributed by atoms with Gasteiger partial charge in [-0.2, -0.15) is 0 Å². The van der Waals surface area contributed by atoms with Gasteiger partial charge < -0.3 is 9.73 Å². The molecule has 2 nitrogen and oxygen atoms in total. The van der Waals surface area contributed by atoms with Crippen molar-refractivity contribution in [1.29, 1.82) is 0 Å². The first-order chi connectivity index (χ1) is 8.20. The van der Waals surface area contributed by atoms with Gasteiger partial charge in [0, 0.05) is 6.04 Å². The van der Waals surface area contributed by atoms with Gasteiger partial charge in [0.25, 0.3) is 0 Å². The van der Waals surface area contributed by atoms with Crippen LogP contribution >= 0.6 is 0 Å². The summed E-state index contributed by atoms with van der Waals surface area (Å²) < 4.78 is 18.3. The van der Waals surface area contributed by atoms with Crippen LogP contribution in [0.1, 0.15) is 22.7 Å². The first-order valence-electron chi connectivity index (χ1n) is 5.65. The van der Waals surface area contributed by atoms with E-state index < -0.39 is 0 Å². The molecule has 1 atom stereocenters. The Bertz CT molecular complexity index is 479. The Balaban J connectivity index is 2.20. The summed E-state index contributed by atoms with van der Waals surface area (Å²) >= 11 is 0. The van der Waals surface area contributed by atoms with Crippen LogP contribution in [-0.2, 0) is 6.42 Å². The summed E-state index contributed by atoms with van der Waals surface area (Å²) in [6, 6.07) is 7.34. The van der Waals surface area contributed by atoms with Crippen LogP contribution in [0.25, 0.3) is 0 Å². The minimum atomic E-state index is -0.160. The average molecular weight is 233 g/mol. The predicted molar refractivity (Wildman–Crippen MR) is 65.3 cm³/mol. The number of benzene rings is 1. The van der Waals surface area contributed by atoms with Gasteiger partial charge in [-0.15, -0.1) is 0 Å². The molecule has 0 saturated carbocycles. The second-order valence-corrected chi connectivity index (χ2v) is 4.19. The van der Waals surface area contributed by atoms with E-state index in [2.05, 4.69) is 5.32 Å². The molecule has 1 N–H and O–H groups in total. The third kappa shape index (κ3) is 2.74. The van der Waals surface area contributed by atoms with Gasteiger partial charge in [-0.1, -0.05) is 12.1 Å². The molecule has 0 aliphatic rings. The highest BCUT2D eigenvalue weighted by molar-refractivity contribution is 5.27. The maximum atomic E-state index is 13.2. The molecule has 0 aliphatic carbocycles. The van der Waals surface area contributed by atoms with E-state index in [0.29, 0.717) is 5.56 Å². The average Bonchev–Trinajstić information content (AvgIpc) is 2.82. The van der Waals surface area contributed by atoms with Gasteiger partial charge >= 0.3 is 0 Å². The topological polar surface area (TPSA) is 25.2 Å². The lowest BCUT2D eigenvalue weighted by Crippen LogP contribution is -2.18. The van der Waals surface area contributed by atoms with Gasteiger partial charge in [-0.05, 0) is 49.2 Å². The van der Waals surface area contributed by atoms with Crippen LogP contribution in [0.4, 0.5) is 4.39 Å². The fourth-order valence-electron chi connectivity index (χ4n) is 1.92. The van der Waals surface area contributed by atoms with Crippen molar-refractivity contribution >= 4 is 0 Å². The summed E-state index contributed by atoms with van der Waals surface area (Å²) in [5.41, 5.74) is 2.90. The summed E-state index contributed by atoms with van der Waals surface area (Å²) in [6.07, 6.45) is 4.23. The molecule has 2 aromatic rings. The monoisotopic (exact) mass is 233 g/mol. The molecule has 0 fully saturated rings. The van der Waals surface area contributed by atoms with Crippen LogP contribution in [0.2, 0.25) is 0 Å². The lowest BCUT2D eigenvalue weighted by Gasteiger charge is -2.16. The maximum Gasteiger partial charge on any atom is 0.126 e. The molecule has 2 rings (SSSR count). The zero-order chi connectivity index (χ0) is 12.3. The molecule has 0 amide bonds. The molecule has 0 aliphatic heterocycles. The Morgan fingerprint density at radius 1 is 1.35 bits per heavy atom. The zero-order valence-corrected chi connectivity index (χ0v) is 10.0. The third-order valence-corrected chi connectivity index (χ3v) is 2.95. The molecule has 0 spiro atoms. The highest BCUT2D eigenvalue weighted by Crippen LogP contribution is 2.20. The largest absolute Gasteiger partial charge is 0.472 e. The quantitative estimate of drug-likeness (QED) is 0.877. The van der Waals surface area contributed by atoms with Crippen molar-refractivity contribution in [1.82, 2.24) is 5.32 Å². The Morgan fingerprint density at radius 2 is 2.18 bits per heavy atom. The molecular weight excluding hydrogens is 217 g/mol. The van der Waals surface area contributed by atoms with Crippen molar-refractivity contribution in [3.8, 4) is 0 Å². The Hall–Kier alpha value is -1.61. The van der Waals surface area contributed by atoms with Crippen molar-refractivity contribution < 1.29 is 8.81 Å². The van der Waals surface area contributed by atoms with Gasteiger partial charge in [0.2, 0.25) is 0 Å². The SMILES string of the molecule is CNC(Cc1ccoc1)c1ccc(F)c(C)c1. The summed E-state index contributed by atoms with van der Waals surface area (Å²) in [4.78, 5) is 0. The minimum Gasteiger partial charge on any atom is -0.472 e. The molecule has 17 heavy (non-hydrogen) atoms. The van der Waals surface area contributed by atoms with Crippen molar-refractivity contribution in [3.05, 3.63) is 59.3 Å². The van der Waals surface area contributed by atoms with Crippen LogP contribution in [0.3, 0.4) is 0 Å². The van der Waals surface area contributed by atoms with Crippen LogP contribution in [0, 0.1) is 12.7 Å². The summed E-state index contributed by atoms with van der Waals surface area (Å²) in [7, 11) is 1.91. The molecule has 3 heteroatoms. The fourth-order valence-corrected chi connectivity index (χ4v) is 1.92. The van der Waals surface area contributed by atoms with Crippen LogP contribution < -0.4 is 5.32 Å². The molecule has 0 saturated heterocycles. The molecule has 1 heterocycles. The van der Waals surface area contributed by atoms with Crippen molar-refractivity contribution in [3.63, 3.8) is 0 Å². The number of rotatable bonds is 4. The van der Waals surface area contributed by atoms with E-state index in [1.165, 1.54) is 6.07 Å². The zero-order valence-electron chi connectivity index (χ0n) is 10.0. The Morgan fingerprint density at radius 3 is 2.76 bits per heavy atom. The molecule has 1 aromatic heterocycles. The van der Waals surface area contributed by atoms with Crippen molar-refractivity contribution in [2.75, 3.05) is 7.05 Å². The first kappa shape index (κ1) is 11.9. The molecule has 90 valence electrons. The van der Waals surface area contributed by atoms with Gasteiger partial charge in [0.05, 0.1) is 12.5 Å². The van der Waals surface area contributed by atoms with Gasteiger partial charge in [0.15, 0.2) is 0 Å². The van der Waals surface area contributed by atoms with Crippen molar-refractivity contribution in [2.45, 2.75) is 19.4 Å². The van der Waals surface area contributed by atoms with E-state index in [0.717, 1.165) is 17.5 Å². The number of hydrogen-bond donors (Lipinski definition) is 1. The number of likely N-dealkylation sites (N-methyl/N-ethyl adjacent to an activating group) is 1. The smallest absolute Gasteiger partial charge is 0.126 e. The maximum absolute atomic E-state index is 13.2. The van der Waals surface area contributed by atoms with Crippen LogP contribution in [0.15, 0.2) is 41.2 Å². The standard InChI is InChI=1S/C14H16FNO/c1-10-7-12(3-4-13(10)15)14(16-2)8-11-5-6-17-9-11/h3-7,9,14,16H,8H2,1-2H3. The van der Waals surface area contributed by atoms with Crippen LogP contribution in [-0.4, -0.2) is 7.05 Å². The Labute approximate surface area is 100 Å². The lowest BCUT2D eigenvalue weighted by atomic mass is 9.99. The number of nitrogens with one attached hydrogen (secondary N) is 1. The Kier molecular flexibility index (Phi) is 3.59. The molecule has 1 unspecified atom stereocenters. The summed E-state index contributed by atoms with van der Waals surface area (Å²) in [6.45, 7) is 1.78. The molecule has 0 radical (unpaired) electrons. The van der Waals surface area contributed by atoms with Gasteiger partial charge in [-0.3, -0.25) is 0 Å². The van der Waals surface area contributed by atoms with E-state index in [9.17, 15) is 4.39 Å². The number of aryl methyl sites for hydroxylation is 1. The summed E-state index contributed by atoms with van der Waals surface area (Å²) in [5, 5.41) is 3.24. The second kappa shape index (κ2) is 5.15. The third-order valence-electron chi connectivity index (χ3n) is 2.95. The number of hydrogen-bond acceptors (Lipinski definition) is 2. The predicted octanol–water partition coefficient (Wildman–Crippen LogP) is 3.23. The van der Waals surface area contributed by atoms with E-state index in [-0.39, 0.29) is 11.9 Å². The fraction of sp³-hybridized carbons (Fsp3) is 0.286. The normalized spacial score (nSPS) is 12.6. The van der Waals surface area contributed by atoms with Crippen LogP contribution in [0.5, 0.6) is 0 Å². The first-order valence-corrected chi connectivity index (χ1v) is 5.65. The van der Waals surface area contributed by atoms with E-state index in [1.807, 2.05) is 25.2 Å². The summed E-state index contributed by atoms with van der Waals surface area (Å²) in [5.74, 6) is -0.160. The van der Waals surface area contributed by atoms with E-state index >= 15 is 0 Å². The van der Waals surface area contributed by atoms with Gasteiger partial charge in [-0.25, -0.2) is 4.39 Å². The highest BCUT2D eigenvalue weighted by atomic mass is 19.1. The second-order valence-electron chi connectivity index (χ2n) is 4.19.